The van der Waals surface area contributed by atoms with Gasteiger partial charge in [0.2, 0.25) is 5.95 Å². The maximum atomic E-state index is 13.5. The number of imidazole rings is 1. The average Bonchev–Trinajstić information content (AvgIpc) is 3.71. The monoisotopic (exact) mass is 649 g/mol. The SMILES string of the molecule is C=C(NCc1ccc(Cl)c(Nc2nc3cc(Cl)c(N4CCC(C(F)(F)F)CC4)cc3n2CCOC)c1)C1(C(F)(F)F)CC1. The Morgan fingerprint density at radius 1 is 1.07 bits per heavy atom. The highest BCUT2D eigenvalue weighted by molar-refractivity contribution is 6.34. The molecule has 5 rings (SSSR count). The highest BCUT2D eigenvalue weighted by Crippen LogP contribution is 2.61. The molecule has 0 unspecified atom stereocenters. The van der Waals surface area contributed by atoms with Crippen LogP contribution < -0.4 is 15.5 Å². The number of halogens is 8. The Morgan fingerprint density at radius 3 is 2.37 bits per heavy atom. The third kappa shape index (κ3) is 6.51. The molecule has 0 bridgehead atoms. The smallest absolute Gasteiger partial charge is 0.384 e. The predicted molar refractivity (Wildman–Crippen MR) is 156 cm³/mol. The van der Waals surface area contributed by atoms with Crippen molar-refractivity contribution in [1.29, 1.82) is 0 Å². The second-order valence-electron chi connectivity index (χ2n) is 11.0. The molecule has 3 aromatic rings. The number of piperidine rings is 1. The summed E-state index contributed by atoms with van der Waals surface area (Å²) in [5, 5.41) is 6.80. The summed E-state index contributed by atoms with van der Waals surface area (Å²) in [5.74, 6) is -0.913. The predicted octanol–water partition coefficient (Wildman–Crippen LogP) is 8.46. The van der Waals surface area contributed by atoms with Crippen molar-refractivity contribution >= 4 is 51.6 Å². The molecule has 43 heavy (non-hydrogen) atoms. The Balaban J connectivity index is 1.38. The Morgan fingerprint density at radius 2 is 1.77 bits per heavy atom. The summed E-state index contributed by atoms with van der Waals surface area (Å²) in [4.78, 5) is 6.55. The number of benzene rings is 2. The number of hydrogen-bond donors (Lipinski definition) is 2. The zero-order valence-electron chi connectivity index (χ0n) is 23.3. The summed E-state index contributed by atoms with van der Waals surface area (Å²) in [7, 11) is 1.56. The number of alkyl halides is 6. The van der Waals surface area contributed by atoms with Gasteiger partial charge in [-0.3, -0.25) is 0 Å². The molecule has 2 heterocycles. The fourth-order valence-electron chi connectivity index (χ4n) is 5.49. The molecule has 14 heteroatoms. The molecule has 1 saturated carbocycles. The van der Waals surface area contributed by atoms with E-state index in [4.69, 9.17) is 32.9 Å². The van der Waals surface area contributed by atoms with E-state index in [9.17, 15) is 26.3 Å². The van der Waals surface area contributed by atoms with Crippen molar-refractivity contribution in [1.82, 2.24) is 14.9 Å². The van der Waals surface area contributed by atoms with Crippen LogP contribution in [0.2, 0.25) is 10.0 Å². The lowest BCUT2D eigenvalue weighted by molar-refractivity contribution is -0.179. The van der Waals surface area contributed by atoms with Gasteiger partial charge in [0.25, 0.3) is 0 Å². The van der Waals surface area contributed by atoms with E-state index in [0.717, 1.165) is 0 Å². The summed E-state index contributed by atoms with van der Waals surface area (Å²) in [6.07, 6.45) is -8.56. The molecule has 2 aliphatic rings. The Kier molecular flexibility index (Phi) is 8.76. The molecule has 1 saturated heterocycles. The maximum absolute atomic E-state index is 13.5. The summed E-state index contributed by atoms with van der Waals surface area (Å²) >= 11 is 13.1. The van der Waals surface area contributed by atoms with Gasteiger partial charge in [0.1, 0.15) is 5.41 Å². The van der Waals surface area contributed by atoms with E-state index in [0.29, 0.717) is 57.1 Å². The second kappa shape index (κ2) is 11.9. The van der Waals surface area contributed by atoms with Crippen molar-refractivity contribution < 1.29 is 31.1 Å². The van der Waals surface area contributed by atoms with Crippen LogP contribution in [0.15, 0.2) is 42.6 Å². The van der Waals surface area contributed by atoms with Gasteiger partial charge in [0.05, 0.1) is 45.0 Å². The Labute approximate surface area is 255 Å². The standard InChI is InChI=1S/C29H31Cl2F6N5O/c1-17(27(7-8-27)29(35,36)37)38-16-18-3-4-20(30)22(13-18)39-26-40-23-14-21(31)24(15-25(23)42(26)11-12-43-2)41-9-5-19(6-10-41)28(32,33)34/h3-4,13-15,19,38H,1,5-12,16H2,2H3,(H,39,40). The molecule has 0 atom stereocenters. The highest BCUT2D eigenvalue weighted by Gasteiger charge is 2.65. The fraction of sp³-hybridized carbons (Fsp3) is 0.483. The van der Waals surface area contributed by atoms with Crippen LogP contribution in [0.4, 0.5) is 43.7 Å². The van der Waals surface area contributed by atoms with Crippen LogP contribution >= 0.6 is 23.2 Å². The van der Waals surface area contributed by atoms with Gasteiger partial charge >= 0.3 is 12.4 Å². The summed E-state index contributed by atoms with van der Waals surface area (Å²) in [5.41, 5.74) is 1.12. The largest absolute Gasteiger partial charge is 0.399 e. The molecule has 0 amide bonds. The van der Waals surface area contributed by atoms with Crippen LogP contribution in [-0.2, 0) is 17.8 Å². The van der Waals surface area contributed by atoms with Crippen LogP contribution in [0, 0.1) is 11.3 Å². The van der Waals surface area contributed by atoms with Gasteiger partial charge in [-0.2, -0.15) is 26.3 Å². The number of nitrogens with one attached hydrogen (secondary N) is 2. The normalized spacial score (nSPS) is 17.4. The van der Waals surface area contributed by atoms with Crippen molar-refractivity contribution in [2.24, 2.45) is 11.3 Å². The lowest BCUT2D eigenvalue weighted by atomic mass is 9.96. The van der Waals surface area contributed by atoms with Crippen molar-refractivity contribution in [2.75, 3.05) is 37.0 Å². The van der Waals surface area contributed by atoms with E-state index in [1.165, 1.54) is 0 Å². The Hall–Kier alpha value is -2.83. The van der Waals surface area contributed by atoms with Gasteiger partial charge in [-0.15, -0.1) is 0 Å². The number of anilines is 3. The third-order valence-electron chi connectivity index (χ3n) is 8.29. The number of hydrogen-bond acceptors (Lipinski definition) is 5. The average molecular weight is 650 g/mol. The van der Waals surface area contributed by atoms with E-state index in [-0.39, 0.29) is 51.0 Å². The quantitative estimate of drug-likeness (QED) is 0.216. The van der Waals surface area contributed by atoms with E-state index < -0.39 is 23.7 Å². The molecule has 6 nitrogen and oxygen atoms in total. The topological polar surface area (TPSA) is 54.4 Å². The number of fused-ring (bicyclic) bond motifs is 1. The van der Waals surface area contributed by atoms with Crippen molar-refractivity contribution in [2.45, 2.75) is 51.1 Å². The van der Waals surface area contributed by atoms with Crippen molar-refractivity contribution in [3.8, 4) is 0 Å². The van der Waals surface area contributed by atoms with Crippen molar-refractivity contribution in [3.63, 3.8) is 0 Å². The molecule has 234 valence electrons. The van der Waals surface area contributed by atoms with Gasteiger partial charge in [0, 0.05) is 39.0 Å². The fourth-order valence-corrected chi connectivity index (χ4v) is 5.93. The van der Waals surface area contributed by atoms with E-state index in [1.807, 2.05) is 15.5 Å². The first-order valence-electron chi connectivity index (χ1n) is 13.8. The number of methoxy groups -OCH3 is 1. The van der Waals surface area contributed by atoms with Gasteiger partial charge in [-0.05, 0) is 55.5 Å². The molecular weight excluding hydrogens is 619 g/mol. The van der Waals surface area contributed by atoms with Gasteiger partial charge in [-0.1, -0.05) is 35.8 Å². The molecule has 1 aliphatic carbocycles. The third-order valence-corrected chi connectivity index (χ3v) is 8.92. The molecular formula is C29H31Cl2F6N5O. The van der Waals surface area contributed by atoms with Gasteiger partial charge < -0.3 is 24.8 Å². The van der Waals surface area contributed by atoms with Crippen LogP contribution in [0.5, 0.6) is 0 Å². The zero-order chi connectivity index (χ0) is 31.2. The first-order valence-corrected chi connectivity index (χ1v) is 14.5. The summed E-state index contributed by atoms with van der Waals surface area (Å²) < 4.78 is 87.2. The molecule has 1 aliphatic heterocycles. The molecule has 0 radical (unpaired) electrons. The Bertz CT molecular complexity index is 1490. The molecule has 2 N–H and O–H groups in total. The number of nitrogens with zero attached hydrogens (tertiary/aromatic N) is 3. The van der Waals surface area contributed by atoms with Crippen LogP contribution in [0.3, 0.4) is 0 Å². The number of rotatable bonds is 10. The highest BCUT2D eigenvalue weighted by atomic mass is 35.5. The lowest BCUT2D eigenvalue weighted by Gasteiger charge is -2.34. The van der Waals surface area contributed by atoms with Crippen LogP contribution in [-0.4, -0.2) is 48.7 Å². The first kappa shape index (κ1) is 31.6. The molecule has 0 spiro atoms. The summed E-state index contributed by atoms with van der Waals surface area (Å²) in [6, 6.07) is 8.57. The minimum atomic E-state index is -4.35. The van der Waals surface area contributed by atoms with Crippen LogP contribution in [0.25, 0.3) is 11.0 Å². The minimum absolute atomic E-state index is 0.0121. The molecule has 2 aromatic carbocycles. The van der Waals surface area contributed by atoms with E-state index in [1.54, 1.807) is 31.4 Å². The molecule has 1 aromatic heterocycles. The second-order valence-corrected chi connectivity index (χ2v) is 11.8. The lowest BCUT2D eigenvalue weighted by Crippen LogP contribution is -2.39. The number of ether oxygens (including phenoxy) is 1. The minimum Gasteiger partial charge on any atom is -0.384 e. The van der Waals surface area contributed by atoms with Gasteiger partial charge in [-0.25, -0.2) is 4.98 Å². The van der Waals surface area contributed by atoms with Gasteiger partial charge in [0.15, 0.2) is 0 Å². The molecule has 2 fully saturated rings. The maximum Gasteiger partial charge on any atom is 0.399 e. The zero-order valence-corrected chi connectivity index (χ0v) is 24.8. The van der Waals surface area contributed by atoms with Crippen molar-refractivity contribution in [3.05, 3.63) is 58.2 Å². The first-order chi connectivity index (χ1) is 20.2. The van der Waals surface area contributed by atoms with Crippen LogP contribution in [0.1, 0.15) is 31.2 Å². The summed E-state index contributed by atoms with van der Waals surface area (Å²) in [6.45, 7) is 4.94. The van der Waals surface area contributed by atoms with E-state index >= 15 is 0 Å². The van der Waals surface area contributed by atoms with E-state index in [2.05, 4.69) is 17.2 Å². The number of allylic oxidation sites excluding steroid dienone is 1. The number of aromatic nitrogens is 2.